The molecular weight excluding hydrogens is 440 g/mol. The zero-order valence-corrected chi connectivity index (χ0v) is 20.0. The molecule has 0 radical (unpaired) electrons. The summed E-state index contributed by atoms with van der Waals surface area (Å²) in [6, 6.07) is 9.98. The first-order chi connectivity index (χ1) is 16.3. The Labute approximate surface area is 200 Å². The molecule has 2 aromatic rings. The molecule has 0 spiro atoms. The van der Waals surface area contributed by atoms with E-state index in [1.54, 1.807) is 24.3 Å². The molecule has 0 heterocycles. The van der Waals surface area contributed by atoms with Crippen molar-refractivity contribution in [1.82, 2.24) is 0 Å². The van der Waals surface area contributed by atoms with Gasteiger partial charge in [-0.2, -0.15) is 0 Å². The average molecular weight is 475 g/mol. The van der Waals surface area contributed by atoms with Crippen LogP contribution in [0.1, 0.15) is 56.1 Å². The van der Waals surface area contributed by atoms with Crippen molar-refractivity contribution in [2.45, 2.75) is 57.5 Å². The van der Waals surface area contributed by atoms with E-state index in [9.17, 15) is 24.9 Å². The molecule has 2 rings (SSSR count). The number of aromatic hydroxyl groups is 2. The van der Waals surface area contributed by atoms with Gasteiger partial charge < -0.3 is 29.5 Å². The van der Waals surface area contributed by atoms with Crippen molar-refractivity contribution >= 4 is 11.8 Å². The van der Waals surface area contributed by atoms with Crippen LogP contribution in [0.25, 0.3) is 0 Å². The number of aliphatic hydroxyl groups excluding tert-OH is 1. The number of methoxy groups -OCH3 is 2. The average Bonchev–Trinajstić information content (AvgIpc) is 2.81. The highest BCUT2D eigenvalue weighted by Crippen LogP contribution is 2.34. The lowest BCUT2D eigenvalue weighted by Crippen LogP contribution is -2.22. The Morgan fingerprint density at radius 3 is 2.18 bits per heavy atom. The van der Waals surface area contributed by atoms with Crippen LogP contribution >= 0.6 is 0 Å². The molecule has 0 unspecified atom stereocenters. The summed E-state index contributed by atoms with van der Waals surface area (Å²) in [4.78, 5) is 24.6. The van der Waals surface area contributed by atoms with E-state index >= 15 is 0 Å². The summed E-state index contributed by atoms with van der Waals surface area (Å²) in [5.74, 6) is 0.0333. The van der Waals surface area contributed by atoms with Gasteiger partial charge >= 0.3 is 5.97 Å². The SMILES string of the molecule is COc1cc(CC[C@H](CC(=O)C[C@H](CCCO)c2ccc(O)c(OC)c2)OC(C)=O)ccc1O. The first kappa shape index (κ1) is 27.0. The molecule has 2 atom stereocenters. The molecule has 8 nitrogen and oxygen atoms in total. The molecule has 0 aliphatic carbocycles. The fraction of sp³-hybridized carbons (Fsp3) is 0.462. The molecule has 0 aromatic heterocycles. The van der Waals surface area contributed by atoms with E-state index < -0.39 is 12.1 Å². The maximum Gasteiger partial charge on any atom is 0.302 e. The minimum absolute atomic E-state index is 0.00603. The monoisotopic (exact) mass is 474 g/mol. The summed E-state index contributed by atoms with van der Waals surface area (Å²) >= 11 is 0. The maximum absolute atomic E-state index is 13.0. The highest BCUT2D eigenvalue weighted by molar-refractivity contribution is 5.80. The van der Waals surface area contributed by atoms with Gasteiger partial charge in [0, 0.05) is 26.4 Å². The Hall–Kier alpha value is -3.26. The van der Waals surface area contributed by atoms with Crippen molar-refractivity contribution in [2.75, 3.05) is 20.8 Å². The number of rotatable bonds is 14. The number of ether oxygens (including phenoxy) is 3. The minimum atomic E-state index is -0.586. The molecule has 0 aliphatic heterocycles. The topological polar surface area (TPSA) is 123 Å². The Kier molecular flexibility index (Phi) is 10.7. The summed E-state index contributed by atoms with van der Waals surface area (Å²) in [6.07, 6.45) is 1.77. The Bertz CT molecular complexity index is 956. The number of phenolic OH excluding ortho intramolecular Hbond substituents is 2. The van der Waals surface area contributed by atoms with E-state index in [0.717, 1.165) is 11.1 Å². The molecule has 0 aliphatic rings. The number of aryl methyl sites for hydroxylation is 1. The fourth-order valence-corrected chi connectivity index (χ4v) is 3.93. The summed E-state index contributed by atoms with van der Waals surface area (Å²) in [5, 5.41) is 28.9. The lowest BCUT2D eigenvalue weighted by atomic mass is 9.88. The number of esters is 1. The molecule has 8 heteroatoms. The van der Waals surface area contributed by atoms with Crippen LogP contribution < -0.4 is 9.47 Å². The van der Waals surface area contributed by atoms with Crippen LogP contribution in [-0.4, -0.2) is 54.0 Å². The molecule has 0 bridgehead atoms. The van der Waals surface area contributed by atoms with Crippen LogP contribution in [0, 0.1) is 0 Å². The third kappa shape index (κ3) is 8.26. The van der Waals surface area contributed by atoms with Gasteiger partial charge in [-0.15, -0.1) is 0 Å². The van der Waals surface area contributed by atoms with Crippen LogP contribution in [0.3, 0.4) is 0 Å². The number of benzene rings is 2. The first-order valence-electron chi connectivity index (χ1n) is 11.3. The minimum Gasteiger partial charge on any atom is -0.504 e. The lowest BCUT2D eigenvalue weighted by Gasteiger charge is -2.20. The van der Waals surface area contributed by atoms with Crippen LogP contribution in [-0.2, 0) is 20.7 Å². The van der Waals surface area contributed by atoms with Gasteiger partial charge in [0.1, 0.15) is 11.9 Å². The van der Waals surface area contributed by atoms with Gasteiger partial charge in [0.05, 0.1) is 14.2 Å². The van der Waals surface area contributed by atoms with E-state index in [2.05, 4.69) is 0 Å². The van der Waals surface area contributed by atoms with E-state index in [4.69, 9.17) is 14.2 Å². The third-order valence-corrected chi connectivity index (χ3v) is 5.65. The van der Waals surface area contributed by atoms with Gasteiger partial charge in [-0.25, -0.2) is 0 Å². The van der Waals surface area contributed by atoms with Gasteiger partial charge in [0.15, 0.2) is 23.0 Å². The zero-order chi connectivity index (χ0) is 25.1. The number of Topliss-reactive ketones (excluding diaryl/α,β-unsaturated/α-hetero) is 1. The van der Waals surface area contributed by atoms with E-state index in [1.165, 1.54) is 33.3 Å². The predicted octanol–water partition coefficient (Wildman–Crippen LogP) is 3.88. The van der Waals surface area contributed by atoms with Gasteiger partial charge in [0.2, 0.25) is 0 Å². The van der Waals surface area contributed by atoms with Crippen molar-refractivity contribution in [3.63, 3.8) is 0 Å². The van der Waals surface area contributed by atoms with Gasteiger partial charge in [0.25, 0.3) is 0 Å². The molecule has 0 fully saturated rings. The second kappa shape index (κ2) is 13.4. The van der Waals surface area contributed by atoms with E-state index in [1.807, 2.05) is 0 Å². The van der Waals surface area contributed by atoms with Gasteiger partial charge in [-0.3, -0.25) is 9.59 Å². The highest BCUT2D eigenvalue weighted by Gasteiger charge is 2.22. The predicted molar refractivity (Wildman–Crippen MR) is 126 cm³/mol. The summed E-state index contributed by atoms with van der Waals surface area (Å²) < 4.78 is 15.7. The first-order valence-corrected chi connectivity index (χ1v) is 11.3. The molecule has 0 saturated carbocycles. The number of carbonyl (C=O) groups excluding carboxylic acids is 2. The molecule has 34 heavy (non-hydrogen) atoms. The van der Waals surface area contributed by atoms with Gasteiger partial charge in [-0.1, -0.05) is 12.1 Å². The molecule has 0 amide bonds. The second-order valence-electron chi connectivity index (χ2n) is 8.22. The molecular formula is C26H34O8. The van der Waals surface area contributed by atoms with Crippen molar-refractivity contribution in [2.24, 2.45) is 0 Å². The Morgan fingerprint density at radius 1 is 0.912 bits per heavy atom. The van der Waals surface area contributed by atoms with Crippen molar-refractivity contribution in [3.8, 4) is 23.0 Å². The van der Waals surface area contributed by atoms with Crippen molar-refractivity contribution in [1.29, 1.82) is 0 Å². The molecule has 2 aromatic carbocycles. The largest absolute Gasteiger partial charge is 0.504 e. The fourth-order valence-electron chi connectivity index (χ4n) is 3.93. The Balaban J connectivity index is 2.09. The van der Waals surface area contributed by atoms with E-state index in [0.29, 0.717) is 37.2 Å². The molecule has 3 N–H and O–H groups in total. The smallest absolute Gasteiger partial charge is 0.302 e. The van der Waals surface area contributed by atoms with Gasteiger partial charge in [-0.05, 0) is 67.0 Å². The number of carbonyl (C=O) groups is 2. The van der Waals surface area contributed by atoms with Crippen LogP contribution in [0.5, 0.6) is 23.0 Å². The Morgan fingerprint density at radius 2 is 1.56 bits per heavy atom. The quantitative estimate of drug-likeness (QED) is 0.353. The maximum atomic E-state index is 13.0. The number of phenols is 2. The number of ketones is 1. The standard InChI is InChI=1S/C26H34O8/c1-17(28)34-22(9-6-18-7-10-23(30)25(13-18)32-2)16-21(29)14-19(5-4-12-27)20-8-11-24(31)26(15-20)33-3/h7-8,10-11,13,15,19,22,27,30-31H,4-6,9,12,14,16H2,1-3H3/t19-,22+/m0/s1. The summed E-state index contributed by atoms with van der Waals surface area (Å²) in [6.45, 7) is 1.32. The number of hydrogen-bond acceptors (Lipinski definition) is 8. The van der Waals surface area contributed by atoms with Crippen LogP contribution in [0.2, 0.25) is 0 Å². The third-order valence-electron chi connectivity index (χ3n) is 5.65. The molecule has 0 saturated heterocycles. The molecule has 186 valence electrons. The normalized spacial score (nSPS) is 12.6. The summed E-state index contributed by atoms with van der Waals surface area (Å²) in [5.41, 5.74) is 1.72. The van der Waals surface area contributed by atoms with Crippen molar-refractivity contribution in [3.05, 3.63) is 47.5 Å². The van der Waals surface area contributed by atoms with E-state index in [-0.39, 0.29) is 42.6 Å². The number of hydrogen-bond donors (Lipinski definition) is 3. The summed E-state index contributed by atoms with van der Waals surface area (Å²) in [7, 11) is 2.93. The zero-order valence-electron chi connectivity index (χ0n) is 20.0. The van der Waals surface area contributed by atoms with Crippen LogP contribution in [0.15, 0.2) is 36.4 Å². The number of aliphatic hydroxyl groups is 1. The second-order valence-corrected chi connectivity index (χ2v) is 8.22. The van der Waals surface area contributed by atoms with Crippen molar-refractivity contribution < 1.29 is 39.1 Å². The van der Waals surface area contributed by atoms with Crippen LogP contribution in [0.4, 0.5) is 0 Å². The highest BCUT2D eigenvalue weighted by atomic mass is 16.5. The lowest BCUT2D eigenvalue weighted by molar-refractivity contribution is -0.147.